The number of nitrogens with one attached hydrogen (secondary N) is 2. The highest BCUT2D eigenvalue weighted by Gasteiger charge is 2.25. The van der Waals surface area contributed by atoms with Crippen molar-refractivity contribution < 1.29 is 27.4 Å². The van der Waals surface area contributed by atoms with Gasteiger partial charge in [0, 0.05) is 31.1 Å². The minimum absolute atomic E-state index is 0.0453. The second-order valence-electron chi connectivity index (χ2n) is 7.67. The Kier molecular flexibility index (Phi) is 9.10. The number of ether oxygens (including phenoxy) is 3. The predicted octanol–water partition coefficient (Wildman–Crippen LogP) is 1.66. The lowest BCUT2D eigenvalue weighted by Gasteiger charge is -2.35. The van der Waals surface area contributed by atoms with Gasteiger partial charge in [0.2, 0.25) is 10.0 Å². The maximum atomic E-state index is 12.8. The zero-order valence-corrected chi connectivity index (χ0v) is 20.8. The van der Waals surface area contributed by atoms with E-state index >= 15 is 0 Å². The number of hydrogen-bond acceptors (Lipinski definition) is 8. The molecule has 3 rings (SSSR count). The lowest BCUT2D eigenvalue weighted by atomic mass is 10.0. The van der Waals surface area contributed by atoms with Gasteiger partial charge in [-0.1, -0.05) is 6.07 Å². The topological polar surface area (TPSA) is 106 Å². The van der Waals surface area contributed by atoms with Crippen molar-refractivity contribution in [3.05, 3.63) is 45.6 Å². The zero-order chi connectivity index (χ0) is 23.8. The SMILES string of the molecule is COc1ccc(C(CNC(=O)c2ccc(CCNS(C)(=O)=O)s2)N2CCOCC2)cc1OC. The van der Waals surface area contributed by atoms with E-state index in [1.54, 1.807) is 20.3 Å². The molecule has 0 saturated carbocycles. The molecule has 0 radical (unpaired) electrons. The fourth-order valence-electron chi connectivity index (χ4n) is 3.68. The van der Waals surface area contributed by atoms with Crippen molar-refractivity contribution in [1.82, 2.24) is 14.9 Å². The maximum absolute atomic E-state index is 12.8. The van der Waals surface area contributed by atoms with Gasteiger partial charge in [-0.2, -0.15) is 0 Å². The van der Waals surface area contributed by atoms with Gasteiger partial charge in [-0.25, -0.2) is 13.1 Å². The Labute approximate surface area is 199 Å². The van der Waals surface area contributed by atoms with Crippen LogP contribution in [0, 0.1) is 0 Å². The van der Waals surface area contributed by atoms with Crippen molar-refractivity contribution >= 4 is 27.3 Å². The summed E-state index contributed by atoms with van der Waals surface area (Å²) in [5, 5.41) is 3.06. The third kappa shape index (κ3) is 7.41. The molecule has 2 N–H and O–H groups in total. The molecule has 2 aromatic rings. The van der Waals surface area contributed by atoms with E-state index in [1.807, 2.05) is 24.3 Å². The molecule has 9 nitrogen and oxygen atoms in total. The molecule has 0 spiro atoms. The van der Waals surface area contributed by atoms with Crippen molar-refractivity contribution in [2.24, 2.45) is 0 Å². The summed E-state index contributed by atoms with van der Waals surface area (Å²) in [6.45, 7) is 3.56. The maximum Gasteiger partial charge on any atom is 0.261 e. The molecule has 33 heavy (non-hydrogen) atoms. The molecule has 1 aromatic heterocycles. The van der Waals surface area contributed by atoms with Crippen LogP contribution in [0.15, 0.2) is 30.3 Å². The monoisotopic (exact) mass is 497 g/mol. The van der Waals surface area contributed by atoms with Crippen LogP contribution in [0.4, 0.5) is 0 Å². The van der Waals surface area contributed by atoms with Crippen LogP contribution in [0.5, 0.6) is 11.5 Å². The smallest absolute Gasteiger partial charge is 0.261 e. The fraction of sp³-hybridized carbons (Fsp3) is 0.500. The molecule has 182 valence electrons. The van der Waals surface area contributed by atoms with E-state index in [-0.39, 0.29) is 11.9 Å². The van der Waals surface area contributed by atoms with E-state index in [2.05, 4.69) is 14.9 Å². The molecule has 1 amide bonds. The fourth-order valence-corrected chi connectivity index (χ4v) is 5.07. The summed E-state index contributed by atoms with van der Waals surface area (Å²) in [4.78, 5) is 16.7. The highest BCUT2D eigenvalue weighted by molar-refractivity contribution is 7.88. The predicted molar refractivity (Wildman–Crippen MR) is 128 cm³/mol. The molecule has 1 aliphatic rings. The number of sulfonamides is 1. The lowest BCUT2D eigenvalue weighted by molar-refractivity contribution is 0.0162. The first kappa shape index (κ1) is 25.4. The number of carbonyl (C=O) groups excluding carboxylic acids is 1. The number of benzene rings is 1. The summed E-state index contributed by atoms with van der Waals surface area (Å²) >= 11 is 1.37. The highest BCUT2D eigenvalue weighted by atomic mass is 32.2. The van der Waals surface area contributed by atoms with Crippen molar-refractivity contribution in [1.29, 1.82) is 0 Å². The van der Waals surface area contributed by atoms with E-state index < -0.39 is 10.0 Å². The molecule has 1 fully saturated rings. The summed E-state index contributed by atoms with van der Waals surface area (Å²) in [6, 6.07) is 9.40. The second-order valence-corrected chi connectivity index (χ2v) is 10.7. The third-order valence-corrected chi connectivity index (χ3v) is 7.23. The van der Waals surface area contributed by atoms with E-state index in [9.17, 15) is 13.2 Å². The van der Waals surface area contributed by atoms with Gasteiger partial charge in [0.1, 0.15) is 0 Å². The normalized spacial score (nSPS) is 15.7. The molecule has 1 saturated heterocycles. The standard InChI is InChI=1S/C22H31N3O6S2/c1-29-19-6-4-16(14-20(19)30-2)18(25-10-12-31-13-11-25)15-23-22(26)21-7-5-17(32-21)8-9-24-33(3,27)28/h4-7,14,18,24H,8-13,15H2,1-3H3,(H,23,26). The van der Waals surface area contributed by atoms with Gasteiger partial charge in [0.15, 0.2) is 11.5 Å². The van der Waals surface area contributed by atoms with E-state index in [0.717, 1.165) is 29.8 Å². The lowest BCUT2D eigenvalue weighted by Crippen LogP contribution is -2.43. The van der Waals surface area contributed by atoms with Crippen LogP contribution < -0.4 is 19.5 Å². The van der Waals surface area contributed by atoms with Crippen molar-refractivity contribution in [2.75, 3.05) is 59.9 Å². The number of methoxy groups -OCH3 is 2. The van der Waals surface area contributed by atoms with E-state index in [0.29, 0.717) is 49.1 Å². The Morgan fingerprint density at radius 3 is 2.55 bits per heavy atom. The van der Waals surface area contributed by atoms with Crippen LogP contribution in [-0.4, -0.2) is 79.1 Å². The van der Waals surface area contributed by atoms with Gasteiger partial charge in [-0.05, 0) is 36.2 Å². The molecule has 0 bridgehead atoms. The molecular weight excluding hydrogens is 466 g/mol. The summed E-state index contributed by atoms with van der Waals surface area (Å²) in [5.74, 6) is 1.15. The number of morpholine rings is 1. The average molecular weight is 498 g/mol. The van der Waals surface area contributed by atoms with Gasteiger partial charge in [0.25, 0.3) is 5.91 Å². The van der Waals surface area contributed by atoms with Crippen LogP contribution in [0.1, 0.15) is 26.2 Å². The number of nitrogens with zero attached hydrogens (tertiary/aromatic N) is 1. The van der Waals surface area contributed by atoms with Gasteiger partial charge < -0.3 is 19.5 Å². The molecule has 2 heterocycles. The Hall–Kier alpha value is -2.18. The largest absolute Gasteiger partial charge is 0.493 e. The molecule has 1 unspecified atom stereocenters. The summed E-state index contributed by atoms with van der Waals surface area (Å²) in [5.41, 5.74) is 1.02. The van der Waals surface area contributed by atoms with Crippen molar-refractivity contribution in [2.45, 2.75) is 12.5 Å². The minimum atomic E-state index is -3.22. The summed E-state index contributed by atoms with van der Waals surface area (Å²) in [7, 11) is -0.0186. The first-order chi connectivity index (χ1) is 15.8. The van der Waals surface area contributed by atoms with Crippen LogP contribution in [0.2, 0.25) is 0 Å². The molecule has 0 aliphatic carbocycles. The quantitative estimate of drug-likeness (QED) is 0.486. The molecule has 1 aromatic carbocycles. The average Bonchev–Trinajstić information content (AvgIpc) is 3.28. The highest BCUT2D eigenvalue weighted by Crippen LogP contribution is 2.32. The number of carbonyl (C=O) groups is 1. The van der Waals surface area contributed by atoms with Gasteiger partial charge in [0.05, 0.1) is 44.6 Å². The Bertz CT molecular complexity index is 1030. The minimum Gasteiger partial charge on any atom is -0.493 e. The number of rotatable bonds is 11. The number of hydrogen-bond donors (Lipinski definition) is 2. The Morgan fingerprint density at radius 1 is 1.15 bits per heavy atom. The third-order valence-electron chi connectivity index (χ3n) is 5.36. The molecular formula is C22H31N3O6S2. The van der Waals surface area contributed by atoms with E-state index in [1.165, 1.54) is 11.3 Å². The zero-order valence-electron chi connectivity index (χ0n) is 19.1. The van der Waals surface area contributed by atoms with Gasteiger partial charge >= 0.3 is 0 Å². The number of amides is 1. The van der Waals surface area contributed by atoms with Crippen LogP contribution in [-0.2, 0) is 21.2 Å². The summed E-state index contributed by atoms with van der Waals surface area (Å²) < 4.78 is 41.2. The van der Waals surface area contributed by atoms with Gasteiger partial charge in [-0.3, -0.25) is 9.69 Å². The van der Waals surface area contributed by atoms with Gasteiger partial charge in [-0.15, -0.1) is 11.3 Å². The van der Waals surface area contributed by atoms with E-state index in [4.69, 9.17) is 14.2 Å². The van der Waals surface area contributed by atoms with Crippen LogP contribution in [0.25, 0.3) is 0 Å². The van der Waals surface area contributed by atoms with Crippen molar-refractivity contribution in [3.63, 3.8) is 0 Å². The first-order valence-corrected chi connectivity index (χ1v) is 13.4. The second kappa shape index (κ2) is 11.8. The molecule has 1 atom stereocenters. The number of thiophene rings is 1. The van der Waals surface area contributed by atoms with Crippen molar-refractivity contribution in [3.8, 4) is 11.5 Å². The Morgan fingerprint density at radius 2 is 1.88 bits per heavy atom. The first-order valence-electron chi connectivity index (χ1n) is 10.7. The van der Waals surface area contributed by atoms with Crippen LogP contribution in [0.3, 0.4) is 0 Å². The molecule has 11 heteroatoms. The van der Waals surface area contributed by atoms with Crippen LogP contribution >= 0.6 is 11.3 Å². The molecule has 1 aliphatic heterocycles. The summed E-state index contributed by atoms with van der Waals surface area (Å²) in [6.07, 6.45) is 1.66. The Balaban J connectivity index is 1.68.